The molecule has 1 heterocycles. The summed E-state index contributed by atoms with van der Waals surface area (Å²) in [5, 5.41) is 0. The number of carbonyl (C=O) groups is 2. The SMILES string of the molecule is CCC.CCN1CC(c2cccc(C(C)C)c2)C(C(=O)CCc2cccc(F)c2C)C1=O. The third kappa shape index (κ3) is 6.05. The van der Waals surface area contributed by atoms with E-state index in [9.17, 15) is 14.0 Å². The summed E-state index contributed by atoms with van der Waals surface area (Å²) in [6, 6.07) is 13.2. The predicted molar refractivity (Wildman–Crippen MR) is 129 cm³/mol. The van der Waals surface area contributed by atoms with Crippen LogP contribution < -0.4 is 0 Å². The maximum Gasteiger partial charge on any atom is 0.233 e. The third-order valence-electron chi connectivity index (χ3n) is 6.15. The van der Waals surface area contributed by atoms with Crippen molar-refractivity contribution in [3.8, 4) is 0 Å². The number of nitrogens with zero attached hydrogens (tertiary/aromatic N) is 1. The molecule has 1 amide bonds. The molecule has 0 aromatic heterocycles. The lowest BCUT2D eigenvalue weighted by atomic mass is 9.82. The minimum Gasteiger partial charge on any atom is -0.342 e. The van der Waals surface area contributed by atoms with E-state index in [4.69, 9.17) is 0 Å². The summed E-state index contributed by atoms with van der Waals surface area (Å²) in [7, 11) is 0. The van der Waals surface area contributed by atoms with Crippen LogP contribution in [0.3, 0.4) is 0 Å². The van der Waals surface area contributed by atoms with Crippen LogP contribution in [0.15, 0.2) is 42.5 Å². The number of ketones is 1. The highest BCUT2D eigenvalue weighted by molar-refractivity contribution is 6.04. The van der Waals surface area contributed by atoms with E-state index in [1.54, 1.807) is 17.9 Å². The van der Waals surface area contributed by atoms with E-state index in [2.05, 4.69) is 39.8 Å². The van der Waals surface area contributed by atoms with Crippen LogP contribution in [0, 0.1) is 18.7 Å². The average molecular weight is 440 g/mol. The molecule has 3 nitrogen and oxygen atoms in total. The lowest BCUT2D eigenvalue weighted by molar-refractivity contribution is -0.136. The van der Waals surface area contributed by atoms with Gasteiger partial charge < -0.3 is 4.90 Å². The van der Waals surface area contributed by atoms with Gasteiger partial charge in [0.2, 0.25) is 5.91 Å². The smallest absolute Gasteiger partial charge is 0.233 e. The topological polar surface area (TPSA) is 37.4 Å². The molecule has 2 aromatic rings. The maximum atomic E-state index is 13.8. The molecule has 1 aliphatic rings. The molecule has 2 atom stereocenters. The van der Waals surface area contributed by atoms with Crippen LogP contribution in [-0.4, -0.2) is 29.7 Å². The van der Waals surface area contributed by atoms with Crippen LogP contribution in [0.2, 0.25) is 0 Å². The fourth-order valence-electron chi connectivity index (χ4n) is 4.23. The Morgan fingerprint density at radius 1 is 1.12 bits per heavy atom. The number of likely N-dealkylation sites (tertiary alicyclic amines) is 1. The molecular weight excluding hydrogens is 401 g/mol. The Morgan fingerprint density at radius 3 is 2.41 bits per heavy atom. The first-order valence-electron chi connectivity index (χ1n) is 11.9. The van der Waals surface area contributed by atoms with E-state index in [-0.39, 0.29) is 29.8 Å². The molecule has 1 fully saturated rings. The van der Waals surface area contributed by atoms with Crippen LogP contribution in [0.1, 0.15) is 81.5 Å². The highest BCUT2D eigenvalue weighted by atomic mass is 19.1. The molecule has 2 aromatic carbocycles. The van der Waals surface area contributed by atoms with E-state index in [0.717, 1.165) is 11.1 Å². The van der Waals surface area contributed by atoms with Gasteiger partial charge >= 0.3 is 0 Å². The van der Waals surface area contributed by atoms with Gasteiger partial charge in [-0.15, -0.1) is 0 Å². The van der Waals surface area contributed by atoms with Crippen LogP contribution >= 0.6 is 0 Å². The lowest BCUT2D eigenvalue weighted by Gasteiger charge is -2.18. The molecule has 4 heteroatoms. The van der Waals surface area contributed by atoms with E-state index in [0.29, 0.717) is 31.0 Å². The van der Waals surface area contributed by atoms with Gasteiger partial charge in [-0.1, -0.05) is 70.5 Å². The quantitative estimate of drug-likeness (QED) is 0.466. The Labute approximate surface area is 193 Å². The zero-order chi connectivity index (χ0) is 23.8. The molecular formula is C28H38FNO2. The number of aryl methyl sites for hydroxylation is 1. The second-order valence-corrected chi connectivity index (χ2v) is 8.98. The van der Waals surface area contributed by atoms with Crippen molar-refractivity contribution >= 4 is 11.7 Å². The first-order chi connectivity index (χ1) is 15.2. The molecule has 0 saturated carbocycles. The standard InChI is InChI=1S/C25H30FNO2.C3H8/c1-5-27-15-21(20-10-6-9-19(14-20)16(2)3)24(25(27)29)23(28)13-12-18-8-7-11-22(26)17(18)4;1-3-2/h6-11,14,16,21,24H,5,12-13,15H2,1-4H3;3H2,1-2H3. The van der Waals surface area contributed by atoms with Crippen molar-refractivity contribution in [1.82, 2.24) is 4.90 Å². The van der Waals surface area contributed by atoms with E-state index in [1.807, 2.05) is 25.1 Å². The average Bonchev–Trinajstić information content (AvgIpc) is 3.11. The molecule has 0 N–H and O–H groups in total. The number of Topliss-reactive ketones (excluding diaryl/α,β-unsaturated/α-hetero) is 1. The Bertz CT molecular complexity index is 921. The highest BCUT2D eigenvalue weighted by Crippen LogP contribution is 2.36. The van der Waals surface area contributed by atoms with Crippen molar-refractivity contribution < 1.29 is 14.0 Å². The number of carbonyl (C=O) groups excluding carboxylic acids is 2. The molecule has 1 aliphatic heterocycles. The van der Waals surface area contributed by atoms with Gasteiger partial charge in [0.05, 0.1) is 0 Å². The van der Waals surface area contributed by atoms with E-state index >= 15 is 0 Å². The first kappa shape index (κ1) is 25.8. The van der Waals surface area contributed by atoms with Gasteiger partial charge in [0.1, 0.15) is 17.5 Å². The van der Waals surface area contributed by atoms with Crippen molar-refractivity contribution in [2.24, 2.45) is 5.92 Å². The molecule has 0 bridgehead atoms. The lowest BCUT2D eigenvalue weighted by Crippen LogP contribution is -2.30. The molecule has 2 unspecified atom stereocenters. The van der Waals surface area contributed by atoms with E-state index in [1.165, 1.54) is 18.1 Å². The van der Waals surface area contributed by atoms with Gasteiger partial charge in [0.25, 0.3) is 0 Å². The number of halogens is 1. The fraction of sp³-hybridized carbons (Fsp3) is 0.500. The van der Waals surface area contributed by atoms with Crippen LogP contribution in [0.4, 0.5) is 4.39 Å². The normalized spacial score (nSPS) is 18.0. The Balaban J connectivity index is 0.00000114. The van der Waals surface area contributed by atoms with Gasteiger partial charge in [0, 0.05) is 25.4 Å². The van der Waals surface area contributed by atoms with Crippen molar-refractivity contribution in [3.63, 3.8) is 0 Å². The van der Waals surface area contributed by atoms with Crippen molar-refractivity contribution in [2.45, 2.75) is 72.6 Å². The summed E-state index contributed by atoms with van der Waals surface area (Å²) in [6.07, 6.45) is 1.95. The summed E-state index contributed by atoms with van der Waals surface area (Å²) >= 11 is 0. The van der Waals surface area contributed by atoms with Gasteiger partial charge in [-0.25, -0.2) is 4.39 Å². The zero-order valence-electron chi connectivity index (χ0n) is 20.5. The summed E-state index contributed by atoms with van der Waals surface area (Å²) in [4.78, 5) is 27.9. The molecule has 0 aliphatic carbocycles. The monoisotopic (exact) mass is 439 g/mol. The molecule has 1 saturated heterocycles. The Kier molecular flexibility index (Phi) is 9.61. The third-order valence-corrected chi connectivity index (χ3v) is 6.15. The van der Waals surface area contributed by atoms with E-state index < -0.39 is 5.92 Å². The number of amides is 1. The van der Waals surface area contributed by atoms with Gasteiger partial charge in [-0.2, -0.15) is 0 Å². The Hall–Kier alpha value is -2.49. The molecule has 0 spiro atoms. The second-order valence-electron chi connectivity index (χ2n) is 8.98. The van der Waals surface area contributed by atoms with Gasteiger partial charge in [-0.3, -0.25) is 9.59 Å². The number of hydrogen-bond donors (Lipinski definition) is 0. The van der Waals surface area contributed by atoms with Crippen molar-refractivity contribution in [1.29, 1.82) is 0 Å². The summed E-state index contributed by atoms with van der Waals surface area (Å²) < 4.78 is 13.8. The van der Waals surface area contributed by atoms with Crippen LogP contribution in [0.5, 0.6) is 0 Å². The van der Waals surface area contributed by atoms with Gasteiger partial charge in [0.15, 0.2) is 0 Å². The first-order valence-corrected chi connectivity index (χ1v) is 11.9. The Morgan fingerprint density at radius 2 is 1.78 bits per heavy atom. The summed E-state index contributed by atoms with van der Waals surface area (Å²) in [5.41, 5.74) is 3.68. The molecule has 3 rings (SSSR count). The zero-order valence-corrected chi connectivity index (χ0v) is 20.5. The summed E-state index contributed by atoms with van der Waals surface area (Å²) in [6.45, 7) is 13.4. The summed E-state index contributed by atoms with van der Waals surface area (Å²) in [5.74, 6) is -0.761. The van der Waals surface area contributed by atoms with Crippen LogP contribution in [0.25, 0.3) is 0 Å². The minimum absolute atomic E-state index is 0.0467. The van der Waals surface area contributed by atoms with Crippen molar-refractivity contribution in [2.75, 3.05) is 13.1 Å². The van der Waals surface area contributed by atoms with Crippen molar-refractivity contribution in [3.05, 3.63) is 70.5 Å². The molecule has 174 valence electrons. The number of likely N-dealkylation sites (N-methyl/N-ethyl adjacent to an activating group) is 1. The molecule has 0 radical (unpaired) electrons. The highest BCUT2D eigenvalue weighted by Gasteiger charge is 2.44. The molecule has 32 heavy (non-hydrogen) atoms. The number of benzene rings is 2. The minimum atomic E-state index is -0.647. The number of rotatable bonds is 7. The largest absolute Gasteiger partial charge is 0.342 e. The fourth-order valence-corrected chi connectivity index (χ4v) is 4.23. The number of hydrogen-bond acceptors (Lipinski definition) is 2. The predicted octanol–water partition coefficient (Wildman–Crippen LogP) is 6.44. The maximum absolute atomic E-state index is 13.8. The second kappa shape index (κ2) is 11.9. The van der Waals surface area contributed by atoms with Crippen LogP contribution in [-0.2, 0) is 16.0 Å². The van der Waals surface area contributed by atoms with Gasteiger partial charge in [-0.05, 0) is 54.5 Å².